The molecule has 0 amide bonds. The molecule has 0 bridgehead atoms. The number of rotatable bonds is 5. The van der Waals surface area contributed by atoms with E-state index in [1.807, 2.05) is 6.92 Å². The first-order chi connectivity index (χ1) is 7.71. The summed E-state index contributed by atoms with van der Waals surface area (Å²) in [5.41, 5.74) is 0.663. The van der Waals surface area contributed by atoms with Crippen LogP contribution < -0.4 is 5.56 Å². The van der Waals surface area contributed by atoms with E-state index in [-0.39, 0.29) is 11.5 Å². The van der Waals surface area contributed by atoms with E-state index in [2.05, 4.69) is 17.7 Å². The van der Waals surface area contributed by atoms with E-state index in [9.17, 15) is 4.79 Å². The van der Waals surface area contributed by atoms with Gasteiger partial charge in [0.1, 0.15) is 0 Å². The molecule has 1 heterocycles. The Bertz CT molecular complexity index is 473. The molecule has 0 radical (unpaired) electrons. The first kappa shape index (κ1) is 12.1. The van der Waals surface area contributed by atoms with Gasteiger partial charge in [-0.1, -0.05) is 12.2 Å². The quantitative estimate of drug-likeness (QED) is 0.766. The van der Waals surface area contributed by atoms with Crippen molar-refractivity contribution < 1.29 is 0 Å². The normalized spacial score (nSPS) is 12.5. The Morgan fingerprint density at radius 2 is 2.50 bits per heavy atom. The van der Waals surface area contributed by atoms with Crippen molar-refractivity contribution >= 4 is 6.08 Å². The molecule has 0 saturated heterocycles. The van der Waals surface area contributed by atoms with Gasteiger partial charge in [-0.3, -0.25) is 14.6 Å². The Balaban J connectivity index is 2.86. The van der Waals surface area contributed by atoms with Crippen LogP contribution in [-0.2, 0) is 6.54 Å². The number of nitrogens with zero attached hydrogens (tertiary/aromatic N) is 2. The fraction of sp³-hybridized carbons (Fsp3) is 0.333. The van der Waals surface area contributed by atoms with Gasteiger partial charge in [0.25, 0.3) is 5.56 Å². The molecule has 4 nitrogen and oxygen atoms in total. The van der Waals surface area contributed by atoms with Gasteiger partial charge in [0.2, 0.25) is 0 Å². The second kappa shape index (κ2) is 5.76. The zero-order valence-electron chi connectivity index (χ0n) is 9.31. The van der Waals surface area contributed by atoms with Crippen molar-refractivity contribution in [3.8, 4) is 6.07 Å². The molecule has 0 aliphatic heterocycles. The molecular formula is C12H15N3O. The molecule has 16 heavy (non-hydrogen) atoms. The maximum Gasteiger partial charge on any atom is 0.264 e. The fourth-order valence-corrected chi connectivity index (χ4v) is 1.41. The predicted molar refractivity (Wildman–Crippen MR) is 63.7 cm³/mol. The van der Waals surface area contributed by atoms with Crippen molar-refractivity contribution in [2.75, 3.05) is 0 Å². The van der Waals surface area contributed by atoms with Crippen LogP contribution in [0.15, 0.2) is 29.6 Å². The lowest BCUT2D eigenvalue weighted by Gasteiger charge is -2.01. The smallest absolute Gasteiger partial charge is 0.264 e. The first-order valence-electron chi connectivity index (χ1n) is 5.19. The molecule has 1 unspecified atom stereocenters. The highest BCUT2D eigenvalue weighted by atomic mass is 16.1. The van der Waals surface area contributed by atoms with Crippen molar-refractivity contribution in [3.05, 3.63) is 40.8 Å². The minimum Gasteiger partial charge on any atom is -0.285 e. The topological polar surface area (TPSA) is 61.6 Å². The highest BCUT2D eigenvalue weighted by Gasteiger charge is 2.02. The molecule has 1 rings (SSSR count). The second-order valence-corrected chi connectivity index (χ2v) is 3.41. The fourth-order valence-electron chi connectivity index (χ4n) is 1.41. The van der Waals surface area contributed by atoms with Gasteiger partial charge in [-0.15, -0.1) is 6.58 Å². The summed E-state index contributed by atoms with van der Waals surface area (Å²) in [6.45, 7) is 6.23. The SMILES string of the molecule is C=CCC(C#N)/C=C/c1cc(=O)[nH]n1CC. The van der Waals surface area contributed by atoms with Gasteiger partial charge in [-0.05, 0) is 19.4 Å². The van der Waals surface area contributed by atoms with E-state index in [1.165, 1.54) is 6.07 Å². The van der Waals surface area contributed by atoms with Crippen LogP contribution >= 0.6 is 0 Å². The first-order valence-corrected chi connectivity index (χ1v) is 5.19. The van der Waals surface area contributed by atoms with Gasteiger partial charge in [0.15, 0.2) is 0 Å². The summed E-state index contributed by atoms with van der Waals surface area (Å²) in [4.78, 5) is 11.1. The molecule has 0 spiro atoms. The van der Waals surface area contributed by atoms with Gasteiger partial charge >= 0.3 is 0 Å². The lowest BCUT2D eigenvalue weighted by Crippen LogP contribution is -2.04. The van der Waals surface area contributed by atoms with Crippen LogP contribution in [0.5, 0.6) is 0 Å². The molecule has 1 N–H and O–H groups in total. The van der Waals surface area contributed by atoms with Crippen LogP contribution in [0.4, 0.5) is 0 Å². The van der Waals surface area contributed by atoms with E-state index >= 15 is 0 Å². The Hall–Kier alpha value is -2.02. The van der Waals surface area contributed by atoms with Crippen molar-refractivity contribution in [1.29, 1.82) is 5.26 Å². The Morgan fingerprint density at radius 3 is 3.06 bits per heavy atom. The summed E-state index contributed by atoms with van der Waals surface area (Å²) in [5, 5.41) is 11.5. The van der Waals surface area contributed by atoms with Crippen LogP contribution in [0, 0.1) is 17.2 Å². The monoisotopic (exact) mass is 217 g/mol. The minimum atomic E-state index is -0.187. The number of allylic oxidation sites excluding steroid dienone is 2. The summed E-state index contributed by atoms with van der Waals surface area (Å²) in [6.07, 6.45) is 5.91. The number of aryl methyl sites for hydroxylation is 1. The van der Waals surface area contributed by atoms with Gasteiger partial charge in [-0.25, -0.2) is 0 Å². The molecule has 0 aliphatic rings. The van der Waals surface area contributed by atoms with Crippen LogP contribution in [0.2, 0.25) is 0 Å². The number of nitriles is 1. The standard InChI is InChI=1S/C12H15N3O/c1-3-5-10(9-13)6-7-11-8-12(16)14-15(11)4-2/h3,6-8,10H,1,4-5H2,2H3,(H,14,16)/b7-6+. The van der Waals surface area contributed by atoms with Crippen molar-refractivity contribution in [3.63, 3.8) is 0 Å². The molecule has 0 aromatic carbocycles. The molecule has 1 atom stereocenters. The summed E-state index contributed by atoms with van der Waals surface area (Å²) >= 11 is 0. The summed E-state index contributed by atoms with van der Waals surface area (Å²) in [5.74, 6) is -0.187. The highest BCUT2D eigenvalue weighted by Crippen LogP contribution is 2.07. The molecule has 84 valence electrons. The zero-order valence-corrected chi connectivity index (χ0v) is 9.31. The van der Waals surface area contributed by atoms with Crippen molar-refractivity contribution in [2.24, 2.45) is 5.92 Å². The van der Waals surface area contributed by atoms with Crippen LogP contribution in [0.3, 0.4) is 0 Å². The lowest BCUT2D eigenvalue weighted by atomic mass is 10.1. The Kier molecular flexibility index (Phi) is 4.34. The molecule has 1 aromatic heterocycles. The molecule has 4 heteroatoms. The Labute approximate surface area is 94.5 Å². The van der Waals surface area contributed by atoms with E-state index in [0.29, 0.717) is 13.0 Å². The zero-order chi connectivity index (χ0) is 12.0. The lowest BCUT2D eigenvalue weighted by molar-refractivity contribution is 0.647. The third-order valence-corrected chi connectivity index (χ3v) is 2.24. The minimum absolute atomic E-state index is 0.126. The average molecular weight is 217 g/mol. The molecule has 0 saturated carbocycles. The van der Waals surface area contributed by atoms with E-state index in [4.69, 9.17) is 5.26 Å². The van der Waals surface area contributed by atoms with E-state index in [0.717, 1.165) is 5.69 Å². The van der Waals surface area contributed by atoms with Crippen molar-refractivity contribution in [2.45, 2.75) is 19.9 Å². The van der Waals surface area contributed by atoms with Gasteiger partial charge < -0.3 is 0 Å². The molecule has 0 fully saturated rings. The van der Waals surface area contributed by atoms with Crippen LogP contribution in [-0.4, -0.2) is 9.78 Å². The van der Waals surface area contributed by atoms with Crippen LogP contribution in [0.1, 0.15) is 19.0 Å². The predicted octanol–water partition coefficient (Wildman–Crippen LogP) is 1.93. The van der Waals surface area contributed by atoms with Crippen LogP contribution in [0.25, 0.3) is 6.08 Å². The summed E-state index contributed by atoms with van der Waals surface area (Å²) in [6, 6.07) is 3.68. The molecule has 0 aliphatic carbocycles. The number of aromatic nitrogens is 2. The number of hydrogen-bond acceptors (Lipinski definition) is 2. The van der Waals surface area contributed by atoms with E-state index < -0.39 is 0 Å². The van der Waals surface area contributed by atoms with Gasteiger partial charge in [0, 0.05) is 12.6 Å². The highest BCUT2D eigenvalue weighted by molar-refractivity contribution is 5.45. The third kappa shape index (κ3) is 2.99. The average Bonchev–Trinajstić information content (AvgIpc) is 2.65. The second-order valence-electron chi connectivity index (χ2n) is 3.41. The number of nitrogens with one attached hydrogen (secondary N) is 1. The van der Waals surface area contributed by atoms with E-state index in [1.54, 1.807) is 22.9 Å². The number of aromatic amines is 1. The van der Waals surface area contributed by atoms with Gasteiger partial charge in [-0.2, -0.15) is 5.26 Å². The third-order valence-electron chi connectivity index (χ3n) is 2.24. The summed E-state index contributed by atoms with van der Waals surface area (Å²) in [7, 11) is 0. The summed E-state index contributed by atoms with van der Waals surface area (Å²) < 4.78 is 1.74. The maximum absolute atomic E-state index is 11.1. The number of H-pyrrole nitrogens is 1. The van der Waals surface area contributed by atoms with Gasteiger partial charge in [0.05, 0.1) is 17.7 Å². The Morgan fingerprint density at radius 1 is 1.75 bits per heavy atom. The van der Waals surface area contributed by atoms with Crippen molar-refractivity contribution in [1.82, 2.24) is 9.78 Å². The largest absolute Gasteiger partial charge is 0.285 e. The number of hydrogen-bond donors (Lipinski definition) is 1. The maximum atomic E-state index is 11.1. The molecule has 1 aromatic rings. The molecular weight excluding hydrogens is 202 g/mol.